The second-order valence-corrected chi connectivity index (χ2v) is 3.54. The van der Waals surface area contributed by atoms with Crippen LogP contribution in [0.4, 0.5) is 0 Å². The third-order valence-electron chi connectivity index (χ3n) is 2.30. The van der Waals surface area contributed by atoms with E-state index < -0.39 is 0 Å². The second kappa shape index (κ2) is 10.0. The van der Waals surface area contributed by atoms with Crippen LogP contribution in [0.25, 0.3) is 0 Å². The molecule has 0 aliphatic rings. The van der Waals surface area contributed by atoms with E-state index in [1.807, 2.05) is 11.8 Å². The van der Waals surface area contributed by atoms with E-state index in [2.05, 4.69) is 10.1 Å². The Morgan fingerprint density at radius 1 is 1.29 bits per heavy atom. The predicted octanol–water partition coefficient (Wildman–Crippen LogP) is -0.366. The van der Waals surface area contributed by atoms with Crippen LogP contribution >= 0.6 is 0 Å². The van der Waals surface area contributed by atoms with Gasteiger partial charge in [0, 0.05) is 20.2 Å². The molecule has 6 heteroatoms. The Morgan fingerprint density at radius 2 is 2.00 bits per heavy atom. The average Bonchev–Trinajstić information content (AvgIpc) is 2.34. The van der Waals surface area contributed by atoms with Gasteiger partial charge in [-0.1, -0.05) is 6.92 Å². The van der Waals surface area contributed by atoms with Crippen molar-refractivity contribution in [2.24, 2.45) is 0 Å². The van der Waals surface area contributed by atoms with Gasteiger partial charge in [0.2, 0.25) is 5.91 Å². The molecule has 0 radical (unpaired) electrons. The summed E-state index contributed by atoms with van der Waals surface area (Å²) in [6, 6.07) is 0. The molecule has 0 aliphatic heterocycles. The van der Waals surface area contributed by atoms with Crippen molar-refractivity contribution in [1.82, 2.24) is 10.2 Å². The first-order valence-electron chi connectivity index (χ1n) is 5.68. The summed E-state index contributed by atoms with van der Waals surface area (Å²) in [6.07, 6.45) is 0.301. The quantitative estimate of drug-likeness (QED) is 0.444. The van der Waals surface area contributed by atoms with Crippen molar-refractivity contribution in [2.45, 2.75) is 13.3 Å². The number of nitrogens with zero attached hydrogens (tertiary/aromatic N) is 1. The van der Waals surface area contributed by atoms with Crippen molar-refractivity contribution in [1.29, 1.82) is 0 Å². The molecular weight excluding hydrogens is 224 g/mol. The zero-order valence-electron chi connectivity index (χ0n) is 10.8. The highest BCUT2D eigenvalue weighted by molar-refractivity contribution is 5.78. The molecule has 0 saturated carbocycles. The molecule has 0 atom stereocenters. The van der Waals surface area contributed by atoms with Crippen molar-refractivity contribution in [2.75, 3.05) is 47.0 Å². The summed E-state index contributed by atoms with van der Waals surface area (Å²) in [5, 5.41) is 2.73. The Bertz CT molecular complexity index is 234. The molecule has 0 bridgehead atoms. The van der Waals surface area contributed by atoms with E-state index in [0.29, 0.717) is 32.7 Å². The van der Waals surface area contributed by atoms with Crippen LogP contribution in [0.5, 0.6) is 0 Å². The Labute approximate surface area is 102 Å². The van der Waals surface area contributed by atoms with Gasteiger partial charge in [-0.3, -0.25) is 14.5 Å². The van der Waals surface area contributed by atoms with Gasteiger partial charge in [0.25, 0.3) is 0 Å². The van der Waals surface area contributed by atoms with Crippen molar-refractivity contribution in [3.63, 3.8) is 0 Å². The van der Waals surface area contributed by atoms with Gasteiger partial charge in [0.05, 0.1) is 26.7 Å². The normalized spacial score (nSPS) is 10.4. The lowest BCUT2D eigenvalue weighted by Gasteiger charge is -2.18. The summed E-state index contributed by atoms with van der Waals surface area (Å²) in [6.45, 7) is 4.48. The molecule has 0 fully saturated rings. The van der Waals surface area contributed by atoms with Crippen LogP contribution in [0, 0.1) is 0 Å². The number of likely N-dealkylation sites (N-methyl/N-ethyl adjacent to an activating group) is 1. The fraction of sp³-hybridized carbons (Fsp3) is 0.818. The van der Waals surface area contributed by atoms with Gasteiger partial charge in [-0.15, -0.1) is 0 Å². The first-order valence-corrected chi connectivity index (χ1v) is 5.68. The van der Waals surface area contributed by atoms with E-state index in [1.165, 1.54) is 7.11 Å². The summed E-state index contributed by atoms with van der Waals surface area (Å²) in [5.74, 6) is -0.322. The lowest BCUT2D eigenvalue weighted by molar-refractivity contribution is -0.141. The Hall–Kier alpha value is -1.14. The van der Waals surface area contributed by atoms with Crippen LogP contribution in [0.1, 0.15) is 13.3 Å². The predicted molar refractivity (Wildman–Crippen MR) is 63.6 cm³/mol. The molecule has 0 heterocycles. The monoisotopic (exact) mass is 246 g/mol. The summed E-state index contributed by atoms with van der Waals surface area (Å²) in [4.78, 5) is 24.3. The van der Waals surface area contributed by atoms with E-state index in [9.17, 15) is 9.59 Å². The van der Waals surface area contributed by atoms with Gasteiger partial charge in [-0.05, 0) is 6.54 Å². The van der Waals surface area contributed by atoms with Crippen LogP contribution < -0.4 is 5.32 Å². The number of amides is 1. The average molecular weight is 246 g/mol. The molecule has 17 heavy (non-hydrogen) atoms. The Morgan fingerprint density at radius 3 is 2.53 bits per heavy atom. The first kappa shape index (κ1) is 15.9. The summed E-state index contributed by atoms with van der Waals surface area (Å²) < 4.78 is 9.37. The standard InChI is InChI=1S/C11H22N2O4/c1-4-13(7-5-11(15)17-3)9-10(14)12-6-8-16-2/h4-9H2,1-3H3,(H,12,14). The molecule has 0 rings (SSSR count). The van der Waals surface area contributed by atoms with Gasteiger partial charge in [0.1, 0.15) is 0 Å². The van der Waals surface area contributed by atoms with Crippen LogP contribution in [-0.4, -0.2) is 63.8 Å². The minimum absolute atomic E-state index is 0.0613. The van der Waals surface area contributed by atoms with Gasteiger partial charge < -0.3 is 14.8 Å². The third kappa shape index (κ3) is 8.65. The number of hydrogen-bond acceptors (Lipinski definition) is 5. The maximum absolute atomic E-state index is 11.5. The van der Waals surface area contributed by atoms with Crippen molar-refractivity contribution in [3.05, 3.63) is 0 Å². The van der Waals surface area contributed by atoms with Crippen LogP contribution in [0.15, 0.2) is 0 Å². The van der Waals surface area contributed by atoms with E-state index in [1.54, 1.807) is 7.11 Å². The number of carbonyl (C=O) groups is 2. The van der Waals surface area contributed by atoms with Crippen LogP contribution in [0.3, 0.4) is 0 Å². The molecule has 6 nitrogen and oxygen atoms in total. The van der Waals surface area contributed by atoms with Crippen LogP contribution in [-0.2, 0) is 19.1 Å². The Balaban J connectivity index is 3.79. The number of carbonyl (C=O) groups excluding carboxylic acids is 2. The molecule has 1 amide bonds. The van der Waals surface area contributed by atoms with Gasteiger partial charge >= 0.3 is 5.97 Å². The molecule has 0 saturated heterocycles. The number of nitrogens with one attached hydrogen (secondary N) is 1. The first-order chi connectivity index (χ1) is 8.13. The van der Waals surface area contributed by atoms with Crippen molar-refractivity contribution in [3.8, 4) is 0 Å². The molecule has 1 N–H and O–H groups in total. The smallest absolute Gasteiger partial charge is 0.306 e. The molecule has 0 aromatic rings. The molecule has 0 aromatic carbocycles. The minimum atomic E-state index is -0.261. The lowest BCUT2D eigenvalue weighted by atomic mass is 10.3. The van der Waals surface area contributed by atoms with E-state index in [4.69, 9.17) is 4.74 Å². The summed E-state index contributed by atoms with van der Waals surface area (Å²) >= 11 is 0. The molecular formula is C11H22N2O4. The molecule has 0 unspecified atom stereocenters. The molecule has 0 aliphatic carbocycles. The highest BCUT2D eigenvalue weighted by atomic mass is 16.5. The second-order valence-electron chi connectivity index (χ2n) is 3.54. The highest BCUT2D eigenvalue weighted by Gasteiger charge is 2.10. The van der Waals surface area contributed by atoms with Gasteiger partial charge in [0.15, 0.2) is 0 Å². The molecule has 0 spiro atoms. The Kier molecular flexibility index (Phi) is 9.37. The number of esters is 1. The maximum Gasteiger partial charge on any atom is 0.306 e. The van der Waals surface area contributed by atoms with Gasteiger partial charge in [-0.25, -0.2) is 0 Å². The third-order valence-corrected chi connectivity index (χ3v) is 2.30. The van der Waals surface area contributed by atoms with Crippen molar-refractivity contribution < 1.29 is 19.1 Å². The van der Waals surface area contributed by atoms with Gasteiger partial charge in [-0.2, -0.15) is 0 Å². The fourth-order valence-corrected chi connectivity index (χ4v) is 1.25. The molecule has 100 valence electrons. The SMILES string of the molecule is CCN(CCC(=O)OC)CC(=O)NCCOC. The fourth-order valence-electron chi connectivity index (χ4n) is 1.25. The minimum Gasteiger partial charge on any atom is -0.469 e. The number of rotatable bonds is 9. The summed E-state index contributed by atoms with van der Waals surface area (Å²) in [7, 11) is 2.94. The highest BCUT2D eigenvalue weighted by Crippen LogP contribution is 1.93. The zero-order chi connectivity index (χ0) is 13.1. The van der Waals surface area contributed by atoms with E-state index >= 15 is 0 Å². The van der Waals surface area contributed by atoms with Crippen LogP contribution in [0.2, 0.25) is 0 Å². The zero-order valence-corrected chi connectivity index (χ0v) is 10.8. The lowest BCUT2D eigenvalue weighted by Crippen LogP contribution is -2.39. The molecule has 0 aromatic heterocycles. The topological polar surface area (TPSA) is 67.9 Å². The number of ether oxygens (including phenoxy) is 2. The van der Waals surface area contributed by atoms with E-state index in [-0.39, 0.29) is 18.4 Å². The number of hydrogen-bond donors (Lipinski definition) is 1. The van der Waals surface area contributed by atoms with E-state index in [0.717, 1.165) is 0 Å². The van der Waals surface area contributed by atoms with Crippen molar-refractivity contribution >= 4 is 11.9 Å². The maximum atomic E-state index is 11.5. The largest absolute Gasteiger partial charge is 0.469 e. The number of methoxy groups -OCH3 is 2. The summed E-state index contributed by atoms with van der Waals surface area (Å²) in [5.41, 5.74) is 0.